The fourth-order valence-corrected chi connectivity index (χ4v) is 8.34. The van der Waals surface area contributed by atoms with Crippen molar-refractivity contribution in [3.63, 3.8) is 0 Å². The van der Waals surface area contributed by atoms with Crippen LogP contribution < -0.4 is 5.56 Å². The van der Waals surface area contributed by atoms with Gasteiger partial charge in [-0.1, -0.05) is 6.92 Å². The molecule has 2 aliphatic heterocycles. The fourth-order valence-electron chi connectivity index (χ4n) is 6.91. The highest BCUT2D eigenvalue weighted by Gasteiger charge is 2.39. The number of nitrogens with zero attached hydrogens (tertiary/aromatic N) is 2. The number of hydrogen-bond donors (Lipinski definition) is 1. The largest absolute Gasteiger partial charge is 0.372 e. The number of carbonyl (C=O) groups is 1. The van der Waals surface area contributed by atoms with Crippen LogP contribution in [0.15, 0.2) is 10.9 Å². The minimum atomic E-state index is -0.0766. The first kappa shape index (κ1) is 25.3. The average Bonchev–Trinajstić information content (AvgIpc) is 3.60. The van der Waals surface area contributed by atoms with E-state index in [1.807, 2.05) is 36.2 Å². The number of H-pyrrole nitrogens is 1. The van der Waals surface area contributed by atoms with Gasteiger partial charge in [-0.25, -0.2) is 0 Å². The molecule has 37 heavy (non-hydrogen) atoms. The topological polar surface area (TPSA) is 65.6 Å². The average molecular weight is 524 g/mol. The third-order valence-corrected chi connectivity index (χ3v) is 10.9. The number of hydrogen-bond acceptors (Lipinski definition) is 5. The molecule has 4 aliphatic rings. The van der Waals surface area contributed by atoms with Crippen LogP contribution in [0.25, 0.3) is 0 Å². The third kappa shape index (κ3) is 4.95. The van der Waals surface area contributed by atoms with Crippen LogP contribution in [0.5, 0.6) is 0 Å². The van der Waals surface area contributed by atoms with Crippen molar-refractivity contribution in [1.82, 2.24) is 14.8 Å². The maximum atomic E-state index is 13.6. The van der Waals surface area contributed by atoms with E-state index >= 15 is 0 Å². The second kappa shape index (κ2) is 9.97. The molecule has 1 atom stereocenters. The molecule has 0 radical (unpaired) electrons. The number of aromatic amines is 1. The van der Waals surface area contributed by atoms with Crippen LogP contribution in [-0.2, 0) is 17.7 Å². The summed E-state index contributed by atoms with van der Waals surface area (Å²) in [5.41, 5.74) is 4.53. The van der Waals surface area contributed by atoms with Crippen LogP contribution in [0.3, 0.4) is 0 Å². The van der Waals surface area contributed by atoms with Crippen LogP contribution >= 0.6 is 11.3 Å². The van der Waals surface area contributed by atoms with E-state index in [2.05, 4.69) is 23.7 Å². The summed E-state index contributed by atoms with van der Waals surface area (Å²) < 4.78 is 6.07. The number of amides is 1. The van der Waals surface area contributed by atoms with Crippen molar-refractivity contribution < 1.29 is 9.53 Å². The molecule has 2 aromatic heterocycles. The van der Waals surface area contributed by atoms with Crippen molar-refractivity contribution in [3.8, 4) is 0 Å². The highest BCUT2D eigenvalue weighted by atomic mass is 32.1. The zero-order valence-electron chi connectivity index (χ0n) is 22.8. The lowest BCUT2D eigenvalue weighted by Crippen LogP contribution is -2.57. The van der Waals surface area contributed by atoms with Crippen LogP contribution in [-0.4, -0.2) is 58.6 Å². The predicted octanol–water partition coefficient (Wildman–Crippen LogP) is 5.09. The van der Waals surface area contributed by atoms with Gasteiger partial charge in [0.05, 0.1) is 24.3 Å². The van der Waals surface area contributed by atoms with Crippen molar-refractivity contribution in [1.29, 1.82) is 0 Å². The monoisotopic (exact) mass is 523 g/mol. The summed E-state index contributed by atoms with van der Waals surface area (Å²) in [4.78, 5) is 36.3. The summed E-state index contributed by atoms with van der Waals surface area (Å²) in [6, 6.07) is 2.71. The van der Waals surface area contributed by atoms with Gasteiger partial charge in [0.1, 0.15) is 0 Å². The summed E-state index contributed by atoms with van der Waals surface area (Å²) in [7, 11) is 0. The van der Waals surface area contributed by atoms with Gasteiger partial charge in [0, 0.05) is 53.1 Å². The molecular weight excluding hydrogens is 482 g/mol. The number of carbonyl (C=O) groups excluding carboxylic acids is 1. The van der Waals surface area contributed by atoms with E-state index in [-0.39, 0.29) is 11.5 Å². The number of nitrogens with one attached hydrogen (secondary N) is 1. The molecule has 4 heterocycles. The van der Waals surface area contributed by atoms with Gasteiger partial charge in [-0.3, -0.25) is 14.5 Å². The summed E-state index contributed by atoms with van der Waals surface area (Å²) >= 11 is 1.88. The van der Waals surface area contributed by atoms with Gasteiger partial charge in [0.2, 0.25) is 0 Å². The molecule has 0 spiro atoms. The Morgan fingerprint density at radius 3 is 2.46 bits per heavy atom. The van der Waals surface area contributed by atoms with E-state index in [0.29, 0.717) is 42.7 Å². The van der Waals surface area contributed by atoms with Gasteiger partial charge in [0.25, 0.3) is 11.5 Å². The van der Waals surface area contributed by atoms with Crippen LogP contribution in [0.1, 0.15) is 93.9 Å². The molecule has 2 aliphatic carbocycles. The van der Waals surface area contributed by atoms with Gasteiger partial charge in [-0.2, -0.15) is 0 Å². The van der Waals surface area contributed by atoms with Crippen molar-refractivity contribution in [2.75, 3.05) is 19.6 Å². The van der Waals surface area contributed by atoms with Crippen molar-refractivity contribution in [3.05, 3.63) is 54.1 Å². The van der Waals surface area contributed by atoms with Crippen LogP contribution in [0.2, 0.25) is 0 Å². The lowest BCUT2D eigenvalue weighted by molar-refractivity contribution is -0.0860. The predicted molar refractivity (Wildman–Crippen MR) is 148 cm³/mol. The molecule has 0 aromatic carbocycles. The Morgan fingerprint density at radius 1 is 1.05 bits per heavy atom. The Bertz CT molecular complexity index is 1230. The van der Waals surface area contributed by atoms with E-state index in [0.717, 1.165) is 42.4 Å². The molecule has 7 heteroatoms. The summed E-state index contributed by atoms with van der Waals surface area (Å²) in [6.07, 6.45) is 9.57. The fraction of sp³-hybridized carbons (Fsp3) is 0.667. The molecule has 6 rings (SSSR count). The number of aromatic nitrogens is 1. The lowest BCUT2D eigenvalue weighted by atomic mass is 9.76. The van der Waals surface area contributed by atoms with E-state index in [1.54, 1.807) is 0 Å². The van der Waals surface area contributed by atoms with Crippen molar-refractivity contribution in [2.24, 2.45) is 5.92 Å². The van der Waals surface area contributed by atoms with Crippen molar-refractivity contribution >= 4 is 17.2 Å². The van der Waals surface area contributed by atoms with Gasteiger partial charge >= 0.3 is 0 Å². The first-order valence-electron chi connectivity index (χ1n) is 14.3. The SMILES string of the molecule is Cc1cc(C)c(CN2CCc3sc([C@H](C)C4CCC(N5CC(OC6CC6)C5)CC4)c(C)c3C2=O)c(=O)[nH]1. The molecule has 1 saturated heterocycles. The zero-order valence-corrected chi connectivity index (χ0v) is 23.6. The number of thiophene rings is 1. The standard InChI is InChI=1S/C30H41N3O3S/c1-17-13-18(2)31-29(34)25(17)16-32-12-11-26-27(30(32)35)20(4)28(37-26)19(3)21-5-7-22(8-6-21)33-14-24(15-33)36-23-9-10-23/h13,19,21-24H,5-12,14-16H2,1-4H3,(H,31,34)/t19-,21?,22?/m1/s1. The first-order chi connectivity index (χ1) is 17.8. The van der Waals surface area contributed by atoms with Crippen molar-refractivity contribution in [2.45, 2.75) is 103 Å². The second-order valence-electron chi connectivity index (χ2n) is 12.1. The van der Waals surface area contributed by atoms with Gasteiger partial charge in [-0.05, 0) is 88.3 Å². The quantitative estimate of drug-likeness (QED) is 0.549. The Kier molecular flexibility index (Phi) is 6.83. The number of aryl methyl sites for hydroxylation is 2. The smallest absolute Gasteiger partial charge is 0.255 e. The third-order valence-electron chi connectivity index (χ3n) is 9.37. The number of fused-ring (bicyclic) bond motifs is 1. The van der Waals surface area contributed by atoms with E-state index in [9.17, 15) is 9.59 Å². The number of rotatable bonds is 7. The Labute approximate surface area is 224 Å². The molecule has 0 bridgehead atoms. The second-order valence-corrected chi connectivity index (χ2v) is 13.2. The van der Waals surface area contributed by atoms with E-state index in [1.165, 1.54) is 53.8 Å². The molecule has 2 saturated carbocycles. The van der Waals surface area contributed by atoms with E-state index in [4.69, 9.17) is 4.74 Å². The van der Waals surface area contributed by atoms with Gasteiger partial charge < -0.3 is 14.6 Å². The molecular formula is C30H41N3O3S. The highest BCUT2D eigenvalue weighted by Crippen LogP contribution is 2.44. The molecule has 0 unspecified atom stereocenters. The molecule has 200 valence electrons. The Hall–Kier alpha value is -1.96. The normalized spacial score (nSPS) is 25.7. The van der Waals surface area contributed by atoms with Crippen LogP contribution in [0.4, 0.5) is 0 Å². The number of likely N-dealkylation sites (tertiary alicyclic amines) is 1. The maximum absolute atomic E-state index is 13.6. The van der Waals surface area contributed by atoms with E-state index < -0.39 is 0 Å². The Balaban J connectivity index is 1.09. The maximum Gasteiger partial charge on any atom is 0.255 e. The molecule has 1 amide bonds. The molecule has 6 nitrogen and oxygen atoms in total. The van der Waals surface area contributed by atoms with Gasteiger partial charge in [0.15, 0.2) is 0 Å². The zero-order chi connectivity index (χ0) is 25.8. The number of pyridine rings is 1. The first-order valence-corrected chi connectivity index (χ1v) is 15.1. The minimum Gasteiger partial charge on any atom is -0.372 e. The molecule has 1 N–H and O–H groups in total. The number of ether oxygens (including phenoxy) is 1. The van der Waals surface area contributed by atoms with Crippen LogP contribution in [0, 0.1) is 26.7 Å². The lowest BCUT2D eigenvalue weighted by Gasteiger charge is -2.47. The summed E-state index contributed by atoms with van der Waals surface area (Å²) in [6.45, 7) is 11.7. The summed E-state index contributed by atoms with van der Waals surface area (Å²) in [5, 5.41) is 0. The molecule has 2 aromatic rings. The Morgan fingerprint density at radius 2 is 1.78 bits per heavy atom. The molecule has 3 fully saturated rings. The minimum absolute atomic E-state index is 0.0766. The summed E-state index contributed by atoms with van der Waals surface area (Å²) in [5.74, 6) is 1.27. The van der Waals surface area contributed by atoms with Gasteiger partial charge in [-0.15, -0.1) is 11.3 Å². The highest BCUT2D eigenvalue weighted by molar-refractivity contribution is 7.12.